The zero-order chi connectivity index (χ0) is 24.1. The molecule has 0 N–H and O–H groups in total. The molecule has 1 aliphatic heterocycles. The van der Waals surface area contributed by atoms with E-state index in [0.29, 0.717) is 4.34 Å². The Hall–Kier alpha value is -2.70. The van der Waals surface area contributed by atoms with Crippen LogP contribution in [0.25, 0.3) is 10.2 Å². The normalized spacial score (nSPS) is 24.7. The molecule has 2 aromatic rings. The number of carbonyl (C=O) groups excluding carboxylic acids is 4. The topological polar surface area (TPSA) is 127 Å². The number of benzene rings is 1. The summed E-state index contributed by atoms with van der Waals surface area (Å²) in [7, 11) is 0. The number of esters is 4. The highest BCUT2D eigenvalue weighted by Gasteiger charge is 2.52. The molecule has 3 rings (SSSR count). The maximum atomic E-state index is 11.9. The Balaban J connectivity index is 1.98. The van der Waals surface area contributed by atoms with Gasteiger partial charge in [-0.05, 0) is 12.1 Å². The summed E-state index contributed by atoms with van der Waals surface area (Å²) in [6.07, 6.45) is -4.49. The first-order valence-electron chi connectivity index (χ1n) is 9.96. The third-order valence-corrected chi connectivity index (χ3v) is 6.71. The maximum absolute atomic E-state index is 11.9. The molecule has 0 aliphatic carbocycles. The molecule has 178 valence electrons. The lowest BCUT2D eigenvalue weighted by atomic mass is 9.99. The average Bonchev–Trinajstić information content (AvgIpc) is 3.12. The highest BCUT2D eigenvalue weighted by Crippen LogP contribution is 2.40. The zero-order valence-corrected chi connectivity index (χ0v) is 20.0. The van der Waals surface area contributed by atoms with Crippen molar-refractivity contribution in [3.8, 4) is 0 Å². The van der Waals surface area contributed by atoms with Crippen molar-refractivity contribution in [2.75, 3.05) is 6.61 Å². The van der Waals surface area contributed by atoms with E-state index in [4.69, 9.17) is 23.7 Å². The molecule has 1 saturated heterocycles. The van der Waals surface area contributed by atoms with Gasteiger partial charge in [0.05, 0.1) is 10.2 Å². The van der Waals surface area contributed by atoms with Crippen LogP contribution < -0.4 is 0 Å². The molecule has 1 aliphatic rings. The molecule has 5 atom stereocenters. The predicted octanol–water partition coefficient (Wildman–Crippen LogP) is 2.47. The third kappa shape index (κ3) is 6.65. The largest absolute Gasteiger partial charge is 0.463 e. The molecule has 0 radical (unpaired) electrons. The van der Waals surface area contributed by atoms with E-state index in [1.807, 2.05) is 24.3 Å². The molecule has 1 fully saturated rings. The van der Waals surface area contributed by atoms with Crippen molar-refractivity contribution < 1.29 is 42.9 Å². The second-order valence-corrected chi connectivity index (χ2v) is 9.51. The summed E-state index contributed by atoms with van der Waals surface area (Å²) in [6.45, 7) is 4.52. The van der Waals surface area contributed by atoms with Crippen LogP contribution in [0.3, 0.4) is 0 Å². The molecule has 2 heterocycles. The number of fused-ring (bicyclic) bond motifs is 1. The standard InChI is InChI=1S/C21H23NO9S2/c1-10(23)27-9-15-17(28-11(2)24)18(29-12(3)25)19(30-13(4)26)20(31-15)33-21-22-14-7-5-6-8-16(14)32-21/h5-8,15,17-20H,9H2,1-4H3/t15-,17+,18-,19+,20+/m0/s1. The van der Waals surface area contributed by atoms with Crippen LogP contribution in [-0.4, -0.2) is 65.3 Å². The zero-order valence-electron chi connectivity index (χ0n) is 18.3. The molecule has 0 amide bonds. The monoisotopic (exact) mass is 497 g/mol. The number of thioether (sulfide) groups is 1. The molecular weight excluding hydrogens is 474 g/mol. The molecule has 1 aromatic heterocycles. The van der Waals surface area contributed by atoms with Crippen molar-refractivity contribution in [2.24, 2.45) is 0 Å². The molecule has 10 nitrogen and oxygen atoms in total. The number of carbonyl (C=O) groups is 4. The molecule has 0 unspecified atom stereocenters. The second kappa shape index (κ2) is 10.9. The molecule has 0 saturated carbocycles. The Morgan fingerprint density at radius 3 is 2.12 bits per heavy atom. The number of thiazole rings is 1. The minimum Gasteiger partial charge on any atom is -0.463 e. The van der Waals surface area contributed by atoms with E-state index in [-0.39, 0.29) is 6.61 Å². The number of para-hydroxylation sites is 1. The SMILES string of the molecule is CC(=O)OC[C@@H]1O[C@H](Sc2nc3ccccc3s2)[C@H](OC(C)=O)[C@@H](OC(C)=O)[C@@H]1OC(C)=O. The van der Waals surface area contributed by atoms with Crippen LogP contribution >= 0.6 is 23.1 Å². The van der Waals surface area contributed by atoms with Crippen LogP contribution in [0.4, 0.5) is 0 Å². The van der Waals surface area contributed by atoms with Gasteiger partial charge in [0.1, 0.15) is 12.7 Å². The minimum absolute atomic E-state index is 0.269. The van der Waals surface area contributed by atoms with E-state index in [2.05, 4.69) is 4.98 Å². The van der Waals surface area contributed by atoms with Crippen LogP contribution in [-0.2, 0) is 42.9 Å². The number of nitrogens with zero attached hydrogens (tertiary/aromatic N) is 1. The lowest BCUT2D eigenvalue weighted by Gasteiger charge is -2.43. The van der Waals surface area contributed by atoms with Crippen molar-refractivity contribution in [1.82, 2.24) is 4.98 Å². The van der Waals surface area contributed by atoms with Gasteiger partial charge in [-0.15, -0.1) is 11.3 Å². The molecular formula is C21H23NO9S2. The number of hydrogen-bond acceptors (Lipinski definition) is 12. The first-order chi connectivity index (χ1) is 15.6. The lowest BCUT2D eigenvalue weighted by molar-refractivity contribution is -0.237. The Kier molecular flexibility index (Phi) is 8.27. The summed E-state index contributed by atoms with van der Waals surface area (Å²) in [5, 5.41) is 0. The van der Waals surface area contributed by atoms with Gasteiger partial charge >= 0.3 is 23.9 Å². The van der Waals surface area contributed by atoms with Crippen molar-refractivity contribution in [3.63, 3.8) is 0 Å². The van der Waals surface area contributed by atoms with Crippen LogP contribution in [0.1, 0.15) is 27.7 Å². The van der Waals surface area contributed by atoms with E-state index in [1.165, 1.54) is 50.8 Å². The molecule has 0 spiro atoms. The summed E-state index contributed by atoms with van der Waals surface area (Å²) in [5.74, 6) is -2.56. The van der Waals surface area contributed by atoms with E-state index in [1.54, 1.807) is 0 Å². The maximum Gasteiger partial charge on any atom is 0.303 e. The fraction of sp³-hybridized carbons (Fsp3) is 0.476. The van der Waals surface area contributed by atoms with Gasteiger partial charge in [-0.3, -0.25) is 19.2 Å². The summed E-state index contributed by atoms with van der Waals surface area (Å²) in [5.41, 5.74) is -0.109. The first kappa shape index (κ1) is 24.9. The van der Waals surface area contributed by atoms with Gasteiger partial charge in [-0.25, -0.2) is 4.98 Å². The van der Waals surface area contributed by atoms with Crippen molar-refractivity contribution in [1.29, 1.82) is 0 Å². The Morgan fingerprint density at radius 1 is 0.909 bits per heavy atom. The quantitative estimate of drug-likeness (QED) is 0.413. The van der Waals surface area contributed by atoms with Gasteiger partial charge in [0, 0.05) is 27.7 Å². The first-order valence-corrected chi connectivity index (χ1v) is 11.7. The van der Waals surface area contributed by atoms with E-state index in [9.17, 15) is 19.2 Å². The summed E-state index contributed by atoms with van der Waals surface area (Å²) < 4.78 is 29.0. The minimum atomic E-state index is -1.20. The second-order valence-electron chi connectivity index (χ2n) is 7.13. The third-order valence-electron chi connectivity index (χ3n) is 4.44. The van der Waals surface area contributed by atoms with Gasteiger partial charge in [0.15, 0.2) is 28.1 Å². The van der Waals surface area contributed by atoms with Crippen molar-refractivity contribution in [2.45, 2.75) is 61.9 Å². The molecule has 12 heteroatoms. The summed E-state index contributed by atoms with van der Waals surface area (Å²) in [6, 6.07) is 7.54. The smallest absolute Gasteiger partial charge is 0.303 e. The van der Waals surface area contributed by atoms with Gasteiger partial charge in [-0.1, -0.05) is 23.9 Å². The Bertz CT molecular complexity index is 1010. The van der Waals surface area contributed by atoms with E-state index < -0.39 is 53.7 Å². The number of rotatable bonds is 7. The highest BCUT2D eigenvalue weighted by atomic mass is 32.2. The van der Waals surface area contributed by atoms with Crippen molar-refractivity contribution >= 4 is 57.2 Å². The van der Waals surface area contributed by atoms with E-state index >= 15 is 0 Å². The van der Waals surface area contributed by atoms with Crippen LogP contribution in [0, 0.1) is 0 Å². The number of ether oxygens (including phenoxy) is 5. The van der Waals surface area contributed by atoms with Crippen LogP contribution in [0.5, 0.6) is 0 Å². The van der Waals surface area contributed by atoms with Gasteiger partial charge < -0.3 is 23.7 Å². The van der Waals surface area contributed by atoms with Gasteiger partial charge in [0.25, 0.3) is 0 Å². The number of aromatic nitrogens is 1. The summed E-state index contributed by atoms with van der Waals surface area (Å²) in [4.78, 5) is 51.5. The Labute approximate surface area is 197 Å². The summed E-state index contributed by atoms with van der Waals surface area (Å²) >= 11 is 2.58. The molecule has 1 aromatic carbocycles. The Morgan fingerprint density at radius 2 is 1.52 bits per heavy atom. The average molecular weight is 498 g/mol. The van der Waals surface area contributed by atoms with Crippen molar-refractivity contribution in [3.05, 3.63) is 24.3 Å². The fourth-order valence-corrected chi connectivity index (χ4v) is 5.62. The van der Waals surface area contributed by atoms with Gasteiger partial charge in [-0.2, -0.15) is 0 Å². The van der Waals surface area contributed by atoms with Crippen LogP contribution in [0.2, 0.25) is 0 Å². The lowest BCUT2D eigenvalue weighted by Crippen LogP contribution is -2.61. The fourth-order valence-electron chi connectivity index (χ4n) is 3.28. The van der Waals surface area contributed by atoms with Crippen LogP contribution in [0.15, 0.2) is 28.6 Å². The molecule has 33 heavy (non-hydrogen) atoms. The molecule has 0 bridgehead atoms. The predicted molar refractivity (Wildman–Crippen MR) is 117 cm³/mol. The number of hydrogen-bond donors (Lipinski definition) is 0. The van der Waals surface area contributed by atoms with Gasteiger partial charge in [0.2, 0.25) is 0 Å². The highest BCUT2D eigenvalue weighted by molar-refractivity contribution is 8.01. The van der Waals surface area contributed by atoms with E-state index in [0.717, 1.165) is 10.2 Å².